The Kier molecular flexibility index (Phi) is 7.84. The zero-order valence-corrected chi connectivity index (χ0v) is 20.7. The number of benzene rings is 1. The Hall–Kier alpha value is -3.22. The molecule has 0 saturated carbocycles. The zero-order valence-electron chi connectivity index (χ0n) is 19.1. The maximum absolute atomic E-state index is 12.5. The molecule has 0 bridgehead atoms. The van der Waals surface area contributed by atoms with E-state index in [0.29, 0.717) is 15.9 Å². The van der Waals surface area contributed by atoms with Crippen LogP contribution in [0.15, 0.2) is 28.6 Å². The molecular formula is C24H24N4O3S2. The molecule has 170 valence electrons. The van der Waals surface area contributed by atoms with Crippen LogP contribution in [0, 0.1) is 39.0 Å². The molecule has 2 aromatic heterocycles. The second-order valence-corrected chi connectivity index (χ2v) is 9.25. The largest absolute Gasteiger partial charge is 0.462 e. The standard InChI is InChI=1S/C24H24N4O3S2/c1-6-31-23(30)19-9-17(10-25)22(26-16(19)5)32-12-21(29)28-24-27-20(11-33-24)18-8-14(3)13(2)7-15(18)4/h7-9,11H,6,12H2,1-5H3,(H,27,28,29). The van der Waals surface area contributed by atoms with Gasteiger partial charge >= 0.3 is 5.97 Å². The molecule has 0 aliphatic heterocycles. The minimum Gasteiger partial charge on any atom is -0.462 e. The van der Waals surface area contributed by atoms with E-state index < -0.39 is 5.97 Å². The first-order valence-electron chi connectivity index (χ1n) is 10.3. The lowest BCUT2D eigenvalue weighted by atomic mass is 9.99. The Balaban J connectivity index is 1.68. The molecule has 3 aromatic rings. The number of thioether (sulfide) groups is 1. The van der Waals surface area contributed by atoms with Crippen molar-refractivity contribution in [3.8, 4) is 17.3 Å². The summed E-state index contributed by atoms with van der Waals surface area (Å²) in [6, 6.07) is 7.74. The third-order valence-corrected chi connectivity index (χ3v) is 6.75. The van der Waals surface area contributed by atoms with Crippen LogP contribution in [0.2, 0.25) is 0 Å². The number of pyridine rings is 1. The number of hydrogen-bond acceptors (Lipinski definition) is 8. The fourth-order valence-electron chi connectivity index (χ4n) is 3.17. The van der Waals surface area contributed by atoms with Gasteiger partial charge in [0.25, 0.3) is 0 Å². The Labute approximate surface area is 201 Å². The van der Waals surface area contributed by atoms with Gasteiger partial charge < -0.3 is 10.1 Å². The van der Waals surface area contributed by atoms with Crippen molar-refractivity contribution < 1.29 is 14.3 Å². The van der Waals surface area contributed by atoms with Gasteiger partial charge in [-0.15, -0.1) is 11.3 Å². The Morgan fingerprint density at radius 2 is 1.85 bits per heavy atom. The second kappa shape index (κ2) is 10.6. The monoisotopic (exact) mass is 480 g/mol. The van der Waals surface area contributed by atoms with E-state index in [0.717, 1.165) is 28.6 Å². The van der Waals surface area contributed by atoms with Gasteiger partial charge in [0.05, 0.1) is 34.9 Å². The van der Waals surface area contributed by atoms with Crippen molar-refractivity contribution in [3.05, 3.63) is 57.1 Å². The van der Waals surface area contributed by atoms with Crippen molar-refractivity contribution in [2.75, 3.05) is 17.7 Å². The van der Waals surface area contributed by atoms with Gasteiger partial charge in [0.15, 0.2) is 5.13 Å². The number of esters is 1. The summed E-state index contributed by atoms with van der Waals surface area (Å²) in [5, 5.41) is 15.1. The molecule has 0 spiro atoms. The van der Waals surface area contributed by atoms with Crippen LogP contribution in [-0.4, -0.2) is 34.2 Å². The van der Waals surface area contributed by atoms with Gasteiger partial charge in [0.1, 0.15) is 11.1 Å². The number of hydrogen-bond donors (Lipinski definition) is 1. The highest BCUT2D eigenvalue weighted by Crippen LogP contribution is 2.30. The molecule has 9 heteroatoms. The molecular weight excluding hydrogens is 456 g/mol. The van der Waals surface area contributed by atoms with Crippen molar-refractivity contribution in [1.29, 1.82) is 5.26 Å². The molecule has 1 N–H and O–H groups in total. The van der Waals surface area contributed by atoms with Crippen molar-refractivity contribution in [3.63, 3.8) is 0 Å². The predicted octanol–water partition coefficient (Wildman–Crippen LogP) is 5.22. The normalized spacial score (nSPS) is 10.5. The summed E-state index contributed by atoms with van der Waals surface area (Å²) in [6.45, 7) is 9.81. The average Bonchev–Trinajstić information content (AvgIpc) is 3.23. The molecule has 2 heterocycles. The highest BCUT2D eigenvalue weighted by Gasteiger charge is 2.18. The van der Waals surface area contributed by atoms with Crippen molar-refractivity contribution in [2.24, 2.45) is 0 Å². The molecule has 0 fully saturated rings. The number of ether oxygens (including phenoxy) is 1. The summed E-state index contributed by atoms with van der Waals surface area (Å²) < 4.78 is 5.00. The van der Waals surface area contributed by atoms with E-state index >= 15 is 0 Å². The summed E-state index contributed by atoms with van der Waals surface area (Å²) >= 11 is 2.50. The minimum absolute atomic E-state index is 0.0530. The van der Waals surface area contributed by atoms with Gasteiger partial charge in [0, 0.05) is 10.9 Å². The number of thiazole rings is 1. The van der Waals surface area contributed by atoms with Crippen LogP contribution >= 0.6 is 23.1 Å². The van der Waals surface area contributed by atoms with Gasteiger partial charge in [0.2, 0.25) is 5.91 Å². The first-order chi connectivity index (χ1) is 15.7. The molecule has 7 nitrogen and oxygen atoms in total. The summed E-state index contributed by atoms with van der Waals surface area (Å²) in [6.07, 6.45) is 0. The third-order valence-electron chi connectivity index (χ3n) is 5.00. The molecule has 0 atom stereocenters. The van der Waals surface area contributed by atoms with Crippen LogP contribution in [0.25, 0.3) is 11.3 Å². The number of aryl methyl sites for hydroxylation is 4. The zero-order chi connectivity index (χ0) is 24.1. The third kappa shape index (κ3) is 5.78. The Morgan fingerprint density at radius 1 is 1.12 bits per heavy atom. The van der Waals surface area contributed by atoms with Crippen LogP contribution in [0.3, 0.4) is 0 Å². The van der Waals surface area contributed by atoms with Crippen LogP contribution in [-0.2, 0) is 9.53 Å². The lowest BCUT2D eigenvalue weighted by Gasteiger charge is -2.09. The van der Waals surface area contributed by atoms with E-state index in [1.807, 2.05) is 18.4 Å². The number of amides is 1. The Bertz CT molecular complexity index is 1260. The SMILES string of the molecule is CCOC(=O)c1cc(C#N)c(SCC(=O)Nc2nc(-c3cc(C)c(C)cc3C)cs2)nc1C. The van der Waals surface area contributed by atoms with Crippen molar-refractivity contribution in [2.45, 2.75) is 39.6 Å². The highest BCUT2D eigenvalue weighted by molar-refractivity contribution is 8.00. The van der Waals surface area contributed by atoms with E-state index in [2.05, 4.69) is 41.3 Å². The minimum atomic E-state index is -0.521. The first-order valence-corrected chi connectivity index (χ1v) is 12.1. The van der Waals surface area contributed by atoms with E-state index in [4.69, 9.17) is 4.74 Å². The van der Waals surface area contributed by atoms with Crippen LogP contribution in [0.4, 0.5) is 5.13 Å². The molecule has 1 amide bonds. The lowest BCUT2D eigenvalue weighted by Crippen LogP contribution is -2.14. The number of carbonyl (C=O) groups excluding carboxylic acids is 2. The van der Waals surface area contributed by atoms with Crippen molar-refractivity contribution in [1.82, 2.24) is 9.97 Å². The number of aromatic nitrogens is 2. The molecule has 0 radical (unpaired) electrons. The van der Waals surface area contributed by atoms with E-state index in [-0.39, 0.29) is 29.4 Å². The van der Waals surface area contributed by atoms with E-state index in [1.165, 1.54) is 28.5 Å². The van der Waals surface area contributed by atoms with Crippen LogP contribution in [0.5, 0.6) is 0 Å². The fourth-order valence-corrected chi connectivity index (χ4v) is 4.70. The molecule has 0 unspecified atom stereocenters. The van der Waals surface area contributed by atoms with Gasteiger partial charge in [-0.1, -0.05) is 17.8 Å². The van der Waals surface area contributed by atoms with Gasteiger partial charge in [-0.05, 0) is 63.4 Å². The topological polar surface area (TPSA) is 105 Å². The number of anilines is 1. The summed E-state index contributed by atoms with van der Waals surface area (Å²) in [5.41, 5.74) is 6.34. The number of rotatable bonds is 7. The average molecular weight is 481 g/mol. The van der Waals surface area contributed by atoms with Crippen LogP contribution in [0.1, 0.15) is 45.2 Å². The summed E-state index contributed by atoms with van der Waals surface area (Å²) in [7, 11) is 0. The van der Waals surface area contributed by atoms with Crippen molar-refractivity contribution >= 4 is 40.1 Å². The number of nitriles is 1. The van der Waals surface area contributed by atoms with E-state index in [1.54, 1.807) is 13.8 Å². The lowest BCUT2D eigenvalue weighted by molar-refractivity contribution is -0.113. The number of nitrogens with zero attached hydrogens (tertiary/aromatic N) is 3. The molecule has 0 saturated heterocycles. The van der Waals surface area contributed by atoms with Crippen LogP contribution < -0.4 is 5.32 Å². The summed E-state index contributed by atoms with van der Waals surface area (Å²) in [4.78, 5) is 33.4. The Morgan fingerprint density at radius 3 is 2.55 bits per heavy atom. The molecule has 1 aromatic carbocycles. The number of nitrogens with one attached hydrogen (secondary N) is 1. The fraction of sp³-hybridized carbons (Fsp3) is 0.292. The quantitative estimate of drug-likeness (QED) is 0.365. The molecule has 0 aliphatic carbocycles. The first kappa shape index (κ1) is 24.4. The molecule has 3 rings (SSSR count). The predicted molar refractivity (Wildman–Crippen MR) is 131 cm³/mol. The smallest absolute Gasteiger partial charge is 0.340 e. The van der Waals surface area contributed by atoms with Gasteiger partial charge in [-0.2, -0.15) is 5.26 Å². The molecule has 0 aliphatic rings. The number of carbonyl (C=O) groups is 2. The summed E-state index contributed by atoms with van der Waals surface area (Å²) in [5.74, 6) is -0.723. The van der Waals surface area contributed by atoms with Gasteiger partial charge in [-0.3, -0.25) is 4.79 Å². The maximum atomic E-state index is 12.5. The van der Waals surface area contributed by atoms with E-state index in [9.17, 15) is 14.9 Å². The molecule has 33 heavy (non-hydrogen) atoms. The maximum Gasteiger partial charge on any atom is 0.340 e. The highest BCUT2D eigenvalue weighted by atomic mass is 32.2. The second-order valence-electron chi connectivity index (χ2n) is 7.43. The van der Waals surface area contributed by atoms with Gasteiger partial charge in [-0.25, -0.2) is 14.8 Å².